The maximum Gasteiger partial charge on any atom is 0.122 e. The van der Waals surface area contributed by atoms with Crippen molar-refractivity contribution in [3.05, 3.63) is 29.3 Å². The van der Waals surface area contributed by atoms with Gasteiger partial charge in [0, 0.05) is 6.04 Å². The van der Waals surface area contributed by atoms with Crippen molar-refractivity contribution in [1.29, 1.82) is 0 Å². The van der Waals surface area contributed by atoms with E-state index in [2.05, 4.69) is 23.5 Å². The van der Waals surface area contributed by atoms with Gasteiger partial charge in [0.2, 0.25) is 0 Å². The molecule has 0 aromatic heterocycles. The number of nitrogens with one attached hydrogen (secondary N) is 1. The first kappa shape index (κ1) is 11.1. The first-order valence-electron chi connectivity index (χ1n) is 6.76. The van der Waals surface area contributed by atoms with Crippen LogP contribution in [0.1, 0.15) is 30.4 Å². The number of hydrogen-bond acceptors (Lipinski definition) is 2. The van der Waals surface area contributed by atoms with E-state index in [0.29, 0.717) is 0 Å². The largest absolute Gasteiger partial charge is 0.496 e. The third kappa shape index (κ3) is 2.06. The van der Waals surface area contributed by atoms with Crippen LogP contribution in [0.4, 0.5) is 0 Å². The van der Waals surface area contributed by atoms with Crippen LogP contribution in [-0.2, 0) is 12.8 Å². The Morgan fingerprint density at radius 2 is 2.24 bits per heavy atom. The molecule has 17 heavy (non-hydrogen) atoms. The van der Waals surface area contributed by atoms with Gasteiger partial charge in [-0.05, 0) is 61.8 Å². The Morgan fingerprint density at radius 3 is 3.00 bits per heavy atom. The summed E-state index contributed by atoms with van der Waals surface area (Å²) < 4.78 is 5.46. The van der Waals surface area contributed by atoms with E-state index in [0.717, 1.165) is 17.7 Å². The summed E-state index contributed by atoms with van der Waals surface area (Å²) in [5.41, 5.74) is 2.96. The molecule has 0 amide bonds. The van der Waals surface area contributed by atoms with Crippen LogP contribution in [0, 0.1) is 5.92 Å². The van der Waals surface area contributed by atoms with Gasteiger partial charge in [0.05, 0.1) is 7.11 Å². The molecule has 2 unspecified atom stereocenters. The summed E-state index contributed by atoms with van der Waals surface area (Å²) in [6, 6.07) is 7.25. The maximum atomic E-state index is 5.46. The molecule has 3 rings (SSSR count). The molecule has 0 saturated carbocycles. The standard InChI is InChI=1S/C15H21NO/c1-17-15-6-2-4-11-10-12(7-8-13(11)15)14-5-3-9-16-14/h2,4,6,12,14,16H,3,5,7-10H2,1H3. The van der Waals surface area contributed by atoms with Gasteiger partial charge in [-0.2, -0.15) is 0 Å². The average Bonchev–Trinajstić information content (AvgIpc) is 2.91. The molecular formula is C15H21NO. The lowest BCUT2D eigenvalue weighted by atomic mass is 9.79. The minimum Gasteiger partial charge on any atom is -0.496 e. The third-order valence-electron chi connectivity index (χ3n) is 4.36. The Bertz CT molecular complexity index is 396. The van der Waals surface area contributed by atoms with E-state index in [1.807, 2.05) is 0 Å². The lowest BCUT2D eigenvalue weighted by Gasteiger charge is -2.30. The molecule has 1 heterocycles. The zero-order chi connectivity index (χ0) is 11.7. The Morgan fingerprint density at radius 1 is 1.29 bits per heavy atom. The van der Waals surface area contributed by atoms with E-state index in [9.17, 15) is 0 Å². The smallest absolute Gasteiger partial charge is 0.122 e. The maximum absolute atomic E-state index is 5.46. The molecule has 1 saturated heterocycles. The molecule has 1 N–H and O–H groups in total. The van der Waals surface area contributed by atoms with Crippen molar-refractivity contribution in [1.82, 2.24) is 5.32 Å². The molecule has 2 heteroatoms. The lowest BCUT2D eigenvalue weighted by molar-refractivity contribution is 0.341. The van der Waals surface area contributed by atoms with Crippen LogP contribution in [0.15, 0.2) is 18.2 Å². The molecule has 1 aromatic rings. The van der Waals surface area contributed by atoms with E-state index in [1.54, 1.807) is 7.11 Å². The van der Waals surface area contributed by atoms with Crippen molar-refractivity contribution >= 4 is 0 Å². The van der Waals surface area contributed by atoms with Gasteiger partial charge in [0.25, 0.3) is 0 Å². The third-order valence-corrected chi connectivity index (χ3v) is 4.36. The molecule has 2 aliphatic rings. The molecule has 2 nitrogen and oxygen atoms in total. The highest BCUT2D eigenvalue weighted by Crippen LogP contribution is 2.34. The Hall–Kier alpha value is -1.02. The highest BCUT2D eigenvalue weighted by Gasteiger charge is 2.29. The van der Waals surface area contributed by atoms with Crippen molar-refractivity contribution in [2.75, 3.05) is 13.7 Å². The predicted molar refractivity (Wildman–Crippen MR) is 69.5 cm³/mol. The van der Waals surface area contributed by atoms with Gasteiger partial charge in [-0.15, -0.1) is 0 Å². The van der Waals surface area contributed by atoms with Gasteiger partial charge in [-0.1, -0.05) is 12.1 Å². The molecule has 92 valence electrons. The minimum atomic E-state index is 0.759. The molecule has 0 bridgehead atoms. The van der Waals surface area contributed by atoms with E-state index >= 15 is 0 Å². The molecule has 1 fully saturated rings. The van der Waals surface area contributed by atoms with Gasteiger partial charge < -0.3 is 10.1 Å². The monoisotopic (exact) mass is 231 g/mol. The summed E-state index contributed by atoms with van der Waals surface area (Å²) in [7, 11) is 1.78. The summed E-state index contributed by atoms with van der Waals surface area (Å²) in [4.78, 5) is 0. The van der Waals surface area contributed by atoms with Crippen molar-refractivity contribution in [3.8, 4) is 5.75 Å². The second-order valence-corrected chi connectivity index (χ2v) is 5.30. The summed E-state index contributed by atoms with van der Waals surface area (Å²) in [6.07, 6.45) is 6.44. The quantitative estimate of drug-likeness (QED) is 0.844. The molecule has 1 aromatic carbocycles. The second-order valence-electron chi connectivity index (χ2n) is 5.30. The normalized spacial score (nSPS) is 27.8. The van der Waals surface area contributed by atoms with Crippen molar-refractivity contribution in [2.24, 2.45) is 5.92 Å². The molecule has 2 atom stereocenters. The summed E-state index contributed by atoms with van der Waals surface area (Å²) in [5.74, 6) is 1.91. The lowest BCUT2D eigenvalue weighted by Crippen LogP contribution is -2.34. The highest BCUT2D eigenvalue weighted by molar-refractivity contribution is 5.42. The fraction of sp³-hybridized carbons (Fsp3) is 0.600. The molecule has 0 radical (unpaired) electrons. The van der Waals surface area contributed by atoms with Crippen LogP contribution >= 0.6 is 0 Å². The van der Waals surface area contributed by atoms with Gasteiger partial charge in [0.15, 0.2) is 0 Å². The van der Waals surface area contributed by atoms with E-state index in [1.165, 1.54) is 49.8 Å². The Labute approximate surface area is 103 Å². The highest BCUT2D eigenvalue weighted by atomic mass is 16.5. The molecule has 0 spiro atoms. The first-order chi connectivity index (χ1) is 8.38. The summed E-state index contributed by atoms with van der Waals surface area (Å²) >= 11 is 0. The topological polar surface area (TPSA) is 21.3 Å². The Kier molecular flexibility index (Phi) is 3.06. The van der Waals surface area contributed by atoms with Crippen LogP contribution in [-0.4, -0.2) is 19.7 Å². The van der Waals surface area contributed by atoms with Gasteiger partial charge in [-0.25, -0.2) is 0 Å². The van der Waals surface area contributed by atoms with Crippen LogP contribution in [0.2, 0.25) is 0 Å². The summed E-state index contributed by atoms with van der Waals surface area (Å²) in [6.45, 7) is 1.21. The zero-order valence-electron chi connectivity index (χ0n) is 10.5. The van der Waals surface area contributed by atoms with Crippen LogP contribution in [0.25, 0.3) is 0 Å². The van der Waals surface area contributed by atoms with E-state index < -0.39 is 0 Å². The van der Waals surface area contributed by atoms with Crippen molar-refractivity contribution in [2.45, 2.75) is 38.1 Å². The number of ether oxygens (including phenoxy) is 1. The van der Waals surface area contributed by atoms with E-state index in [-0.39, 0.29) is 0 Å². The first-order valence-corrected chi connectivity index (χ1v) is 6.76. The SMILES string of the molecule is COc1cccc2c1CCC(C1CCCN1)C2. The van der Waals surface area contributed by atoms with Gasteiger partial charge in [-0.3, -0.25) is 0 Å². The number of benzene rings is 1. The summed E-state index contributed by atoms with van der Waals surface area (Å²) in [5, 5.41) is 3.65. The number of methoxy groups -OCH3 is 1. The van der Waals surface area contributed by atoms with Crippen LogP contribution < -0.4 is 10.1 Å². The van der Waals surface area contributed by atoms with Gasteiger partial charge >= 0.3 is 0 Å². The van der Waals surface area contributed by atoms with Crippen molar-refractivity contribution in [3.63, 3.8) is 0 Å². The number of hydrogen-bond donors (Lipinski definition) is 1. The predicted octanol–water partition coefficient (Wildman–Crippen LogP) is 2.55. The molecule has 1 aliphatic carbocycles. The van der Waals surface area contributed by atoms with Crippen LogP contribution in [0.5, 0.6) is 5.75 Å². The fourth-order valence-electron chi connectivity index (χ4n) is 3.45. The second kappa shape index (κ2) is 4.69. The van der Waals surface area contributed by atoms with Gasteiger partial charge in [0.1, 0.15) is 5.75 Å². The van der Waals surface area contributed by atoms with E-state index in [4.69, 9.17) is 4.74 Å². The molecular weight excluding hydrogens is 210 g/mol. The number of rotatable bonds is 2. The van der Waals surface area contributed by atoms with Crippen molar-refractivity contribution < 1.29 is 4.74 Å². The Balaban J connectivity index is 1.80. The fourth-order valence-corrected chi connectivity index (χ4v) is 3.45. The van der Waals surface area contributed by atoms with Crippen LogP contribution in [0.3, 0.4) is 0 Å². The molecule has 1 aliphatic heterocycles. The average molecular weight is 231 g/mol. The number of fused-ring (bicyclic) bond motifs is 1. The zero-order valence-corrected chi connectivity index (χ0v) is 10.5. The minimum absolute atomic E-state index is 0.759.